The molecule has 0 aromatic carbocycles. The number of rotatable bonds is 6. The molecular weight excluding hydrogens is 394 g/mol. The third kappa shape index (κ3) is 4.25. The molecule has 3 aromatic rings. The third-order valence-electron chi connectivity index (χ3n) is 4.96. The van der Waals surface area contributed by atoms with Crippen LogP contribution in [0.25, 0.3) is 5.65 Å². The molecule has 0 spiro atoms. The number of fused-ring (bicyclic) bond motifs is 1. The van der Waals surface area contributed by atoms with Crippen molar-refractivity contribution in [3.8, 4) is 5.75 Å². The number of imidazole rings is 1. The molecule has 1 N–H and O–H groups in total. The van der Waals surface area contributed by atoms with E-state index >= 15 is 0 Å². The van der Waals surface area contributed by atoms with Crippen LogP contribution >= 0.6 is 0 Å². The first kappa shape index (κ1) is 20.2. The van der Waals surface area contributed by atoms with Crippen LogP contribution in [0.15, 0.2) is 36.7 Å². The monoisotopic (exact) mass is 416 g/mol. The van der Waals surface area contributed by atoms with E-state index in [1.807, 2.05) is 17.5 Å². The van der Waals surface area contributed by atoms with Gasteiger partial charge < -0.3 is 19.2 Å². The topological polar surface area (TPSA) is 77.8 Å². The molecule has 1 aliphatic rings. The van der Waals surface area contributed by atoms with E-state index in [-0.39, 0.29) is 5.69 Å². The predicted molar refractivity (Wildman–Crippen MR) is 106 cm³/mol. The molecule has 0 radical (unpaired) electrons. The van der Waals surface area contributed by atoms with Gasteiger partial charge in [0.1, 0.15) is 11.4 Å². The van der Waals surface area contributed by atoms with E-state index < -0.39 is 18.0 Å². The lowest BCUT2D eigenvalue weighted by atomic mass is 9.97. The molecule has 0 atom stereocenters. The summed E-state index contributed by atoms with van der Waals surface area (Å²) in [4.78, 5) is 21.0. The fraction of sp³-hybridized carbons (Fsp3) is 0.381. The molecule has 0 unspecified atom stereocenters. The number of carbonyl (C=O) groups excluding carboxylic acids is 1. The van der Waals surface area contributed by atoms with Gasteiger partial charge in [0.2, 0.25) is 0 Å². The Balaban J connectivity index is 1.63. The Morgan fingerprint density at radius 1 is 1.30 bits per heavy atom. The van der Waals surface area contributed by atoms with Crippen molar-refractivity contribution in [2.45, 2.75) is 32.1 Å². The Morgan fingerprint density at radius 2 is 2.10 bits per heavy atom. The summed E-state index contributed by atoms with van der Waals surface area (Å²) in [5, 5.41) is 2.71. The predicted octanol–water partition coefficient (Wildman–Crippen LogP) is 4.21. The number of anilines is 1. The number of nitrogens with zero attached hydrogens (tertiary/aromatic N) is 3. The molecule has 3 aromatic heterocycles. The van der Waals surface area contributed by atoms with Crippen molar-refractivity contribution in [1.82, 2.24) is 14.4 Å². The molecule has 1 fully saturated rings. The number of pyridine rings is 2. The number of ether oxygens (including phenoxy) is 2. The van der Waals surface area contributed by atoms with Gasteiger partial charge in [0.05, 0.1) is 18.0 Å². The van der Waals surface area contributed by atoms with Gasteiger partial charge >= 0.3 is 0 Å². The van der Waals surface area contributed by atoms with Gasteiger partial charge in [0, 0.05) is 37.6 Å². The van der Waals surface area contributed by atoms with Gasteiger partial charge in [0.25, 0.3) is 12.3 Å². The first-order valence-corrected chi connectivity index (χ1v) is 9.84. The quantitative estimate of drug-likeness (QED) is 0.651. The zero-order chi connectivity index (χ0) is 21.1. The standard InChI is InChI=1S/C21H22F2N4O3/c1-2-30-18-10-14(24-21(28)16-5-3-4-15(25-16)19(22)23)11-27-12-17(26-20(18)27)13-6-8-29-9-7-13/h3-5,10-13,19H,2,6-9H2,1H3,(H,24,28). The molecule has 1 amide bonds. The fourth-order valence-electron chi connectivity index (χ4n) is 3.50. The lowest BCUT2D eigenvalue weighted by Crippen LogP contribution is -2.15. The Bertz CT molecular complexity index is 1050. The van der Waals surface area contributed by atoms with Crippen molar-refractivity contribution in [2.24, 2.45) is 0 Å². The van der Waals surface area contributed by atoms with Crippen LogP contribution in [0.4, 0.5) is 14.5 Å². The summed E-state index contributed by atoms with van der Waals surface area (Å²) >= 11 is 0. The molecule has 4 heterocycles. The number of hydrogen-bond donors (Lipinski definition) is 1. The Kier molecular flexibility index (Phi) is 5.89. The summed E-state index contributed by atoms with van der Waals surface area (Å²) in [5.41, 5.74) is 1.54. The first-order valence-electron chi connectivity index (χ1n) is 9.84. The van der Waals surface area contributed by atoms with Crippen molar-refractivity contribution in [3.05, 3.63) is 53.7 Å². The highest BCUT2D eigenvalue weighted by molar-refractivity contribution is 6.03. The van der Waals surface area contributed by atoms with Gasteiger partial charge in [-0.15, -0.1) is 0 Å². The largest absolute Gasteiger partial charge is 0.490 e. The van der Waals surface area contributed by atoms with E-state index in [1.54, 1.807) is 12.3 Å². The van der Waals surface area contributed by atoms with E-state index in [4.69, 9.17) is 14.5 Å². The Labute approximate surface area is 172 Å². The second-order valence-electron chi connectivity index (χ2n) is 7.01. The number of amides is 1. The van der Waals surface area contributed by atoms with E-state index in [0.29, 0.717) is 42.8 Å². The molecule has 0 aliphatic carbocycles. The van der Waals surface area contributed by atoms with Crippen LogP contribution in [0.3, 0.4) is 0 Å². The number of alkyl halides is 2. The van der Waals surface area contributed by atoms with Crippen molar-refractivity contribution < 1.29 is 23.0 Å². The smallest absolute Gasteiger partial charge is 0.280 e. The zero-order valence-corrected chi connectivity index (χ0v) is 16.5. The minimum absolute atomic E-state index is 0.0839. The molecule has 1 saturated heterocycles. The summed E-state index contributed by atoms with van der Waals surface area (Å²) in [6.07, 6.45) is 2.72. The molecule has 0 bridgehead atoms. The lowest BCUT2D eigenvalue weighted by Gasteiger charge is -2.19. The van der Waals surface area contributed by atoms with E-state index in [1.165, 1.54) is 18.2 Å². The molecular formula is C21H22F2N4O3. The maximum Gasteiger partial charge on any atom is 0.280 e. The number of halogens is 2. The van der Waals surface area contributed by atoms with Crippen LogP contribution in [-0.2, 0) is 4.74 Å². The van der Waals surface area contributed by atoms with Crippen molar-refractivity contribution >= 4 is 17.2 Å². The van der Waals surface area contributed by atoms with Crippen LogP contribution in [0, 0.1) is 0 Å². The minimum Gasteiger partial charge on any atom is -0.490 e. The van der Waals surface area contributed by atoms with Crippen LogP contribution in [0.2, 0.25) is 0 Å². The SMILES string of the molecule is CCOc1cc(NC(=O)c2cccc(C(F)F)n2)cn2cc(C3CCOCC3)nc12. The Morgan fingerprint density at radius 3 is 2.83 bits per heavy atom. The molecule has 9 heteroatoms. The second kappa shape index (κ2) is 8.74. The highest BCUT2D eigenvalue weighted by Gasteiger charge is 2.21. The van der Waals surface area contributed by atoms with E-state index in [2.05, 4.69) is 10.3 Å². The highest BCUT2D eigenvalue weighted by atomic mass is 19.3. The van der Waals surface area contributed by atoms with Gasteiger partial charge in [-0.1, -0.05) is 6.07 Å². The summed E-state index contributed by atoms with van der Waals surface area (Å²) in [6, 6.07) is 5.64. The average molecular weight is 416 g/mol. The lowest BCUT2D eigenvalue weighted by molar-refractivity contribution is 0.0846. The number of nitrogens with one attached hydrogen (secondary N) is 1. The summed E-state index contributed by atoms with van der Waals surface area (Å²) in [5.74, 6) is 0.263. The Hall–Kier alpha value is -3.07. The summed E-state index contributed by atoms with van der Waals surface area (Å²) in [6.45, 7) is 3.72. The van der Waals surface area contributed by atoms with Gasteiger partial charge in [-0.3, -0.25) is 4.79 Å². The summed E-state index contributed by atoms with van der Waals surface area (Å²) in [7, 11) is 0. The van der Waals surface area contributed by atoms with Crippen LogP contribution in [0.1, 0.15) is 54.0 Å². The molecule has 30 heavy (non-hydrogen) atoms. The second-order valence-corrected chi connectivity index (χ2v) is 7.01. The zero-order valence-electron chi connectivity index (χ0n) is 16.5. The fourth-order valence-corrected chi connectivity index (χ4v) is 3.50. The maximum atomic E-state index is 12.9. The van der Waals surface area contributed by atoms with Crippen molar-refractivity contribution in [2.75, 3.05) is 25.1 Å². The molecule has 1 aliphatic heterocycles. The van der Waals surface area contributed by atoms with Crippen molar-refractivity contribution in [1.29, 1.82) is 0 Å². The highest BCUT2D eigenvalue weighted by Crippen LogP contribution is 2.30. The van der Waals surface area contributed by atoms with Gasteiger partial charge in [-0.05, 0) is 31.9 Å². The number of hydrogen-bond acceptors (Lipinski definition) is 5. The van der Waals surface area contributed by atoms with Gasteiger partial charge in [0.15, 0.2) is 11.4 Å². The van der Waals surface area contributed by atoms with Crippen LogP contribution in [0.5, 0.6) is 5.75 Å². The van der Waals surface area contributed by atoms with Crippen LogP contribution in [-0.4, -0.2) is 40.1 Å². The van der Waals surface area contributed by atoms with Crippen LogP contribution < -0.4 is 10.1 Å². The number of carbonyl (C=O) groups is 1. The number of aromatic nitrogens is 3. The third-order valence-corrected chi connectivity index (χ3v) is 4.96. The molecule has 0 saturated carbocycles. The first-order chi connectivity index (χ1) is 14.5. The maximum absolute atomic E-state index is 12.9. The van der Waals surface area contributed by atoms with E-state index in [9.17, 15) is 13.6 Å². The average Bonchev–Trinajstić information content (AvgIpc) is 3.19. The molecule has 4 rings (SSSR count). The molecule has 158 valence electrons. The van der Waals surface area contributed by atoms with Gasteiger partial charge in [-0.25, -0.2) is 18.7 Å². The summed E-state index contributed by atoms with van der Waals surface area (Å²) < 4.78 is 38.7. The minimum atomic E-state index is -2.74. The normalized spacial score (nSPS) is 14.9. The van der Waals surface area contributed by atoms with Crippen molar-refractivity contribution in [3.63, 3.8) is 0 Å². The van der Waals surface area contributed by atoms with E-state index in [0.717, 1.165) is 18.5 Å². The van der Waals surface area contributed by atoms with Gasteiger partial charge in [-0.2, -0.15) is 0 Å². The molecule has 7 nitrogen and oxygen atoms in total.